The number of nitrogens with one attached hydrogen (secondary N) is 1. The number of amides is 1. The summed E-state index contributed by atoms with van der Waals surface area (Å²) in [5.41, 5.74) is 8.99. The normalized spacial score (nSPS) is 15.8. The summed E-state index contributed by atoms with van der Waals surface area (Å²) in [6, 6.07) is 8.03. The second-order valence-electron chi connectivity index (χ2n) is 8.50. The van der Waals surface area contributed by atoms with Crippen LogP contribution >= 0.6 is 23.4 Å². The van der Waals surface area contributed by atoms with E-state index in [-0.39, 0.29) is 17.8 Å². The van der Waals surface area contributed by atoms with Crippen molar-refractivity contribution in [3.63, 3.8) is 0 Å². The molecule has 0 spiro atoms. The quantitative estimate of drug-likeness (QED) is 0.369. The summed E-state index contributed by atoms with van der Waals surface area (Å²) in [6.07, 6.45) is 5.18. The average molecular weight is 484 g/mol. The molecule has 9 heteroatoms. The smallest absolute Gasteiger partial charge is 0.224 e. The van der Waals surface area contributed by atoms with Gasteiger partial charge in [0, 0.05) is 23.8 Å². The molecule has 33 heavy (non-hydrogen) atoms. The van der Waals surface area contributed by atoms with Crippen molar-refractivity contribution in [2.24, 2.45) is 5.92 Å². The van der Waals surface area contributed by atoms with Gasteiger partial charge in [-0.15, -0.1) is 0 Å². The van der Waals surface area contributed by atoms with E-state index in [4.69, 9.17) is 22.1 Å². The van der Waals surface area contributed by atoms with Gasteiger partial charge >= 0.3 is 0 Å². The van der Waals surface area contributed by atoms with Crippen LogP contribution in [-0.2, 0) is 22.7 Å². The number of ether oxygens (including phenoxy) is 1. The molecular formula is C24H26ClN5O2S. The fourth-order valence-corrected chi connectivity index (χ4v) is 5.77. The molecule has 2 aliphatic rings. The van der Waals surface area contributed by atoms with E-state index in [9.17, 15) is 4.79 Å². The highest BCUT2D eigenvalue weighted by molar-refractivity contribution is 7.99. The van der Waals surface area contributed by atoms with E-state index < -0.39 is 0 Å². The minimum atomic E-state index is 0.164. The zero-order valence-electron chi connectivity index (χ0n) is 18.3. The number of nitrogens with two attached hydrogens (primary N) is 1. The number of aromatic nitrogens is 3. The highest BCUT2D eigenvalue weighted by Crippen LogP contribution is 2.39. The summed E-state index contributed by atoms with van der Waals surface area (Å²) in [4.78, 5) is 25.5. The molecule has 1 saturated carbocycles. The second-order valence-corrected chi connectivity index (χ2v) is 9.97. The molecule has 5 rings (SSSR count). The summed E-state index contributed by atoms with van der Waals surface area (Å²) >= 11 is 8.19. The van der Waals surface area contributed by atoms with Crippen molar-refractivity contribution in [3.05, 3.63) is 40.4 Å². The van der Waals surface area contributed by atoms with Crippen LogP contribution in [0, 0.1) is 5.92 Å². The van der Waals surface area contributed by atoms with Crippen LogP contribution in [0.15, 0.2) is 29.4 Å². The van der Waals surface area contributed by atoms with Crippen LogP contribution in [0.2, 0.25) is 5.02 Å². The Labute approximate surface area is 201 Å². The Kier molecular flexibility index (Phi) is 6.66. The summed E-state index contributed by atoms with van der Waals surface area (Å²) < 4.78 is 5.68. The number of hydrogen-bond donors (Lipinski definition) is 2. The molecule has 1 aromatic heterocycles. The van der Waals surface area contributed by atoms with E-state index >= 15 is 0 Å². The molecule has 1 fully saturated rings. The molecule has 1 aliphatic carbocycles. The van der Waals surface area contributed by atoms with Crippen molar-refractivity contribution >= 4 is 46.0 Å². The third-order valence-corrected chi connectivity index (χ3v) is 7.46. The van der Waals surface area contributed by atoms with Gasteiger partial charge in [0.25, 0.3) is 0 Å². The Bertz CT molecular complexity index is 1200. The van der Waals surface area contributed by atoms with Crippen LogP contribution in [0.3, 0.4) is 0 Å². The van der Waals surface area contributed by atoms with Crippen molar-refractivity contribution in [1.82, 2.24) is 20.3 Å². The monoisotopic (exact) mass is 483 g/mol. The number of rotatable bonds is 7. The van der Waals surface area contributed by atoms with Gasteiger partial charge in [-0.2, -0.15) is 9.97 Å². The van der Waals surface area contributed by atoms with Crippen LogP contribution in [0.1, 0.15) is 43.2 Å². The third-order valence-electron chi connectivity index (χ3n) is 6.23. The number of carbonyl (C=O) groups excluding carboxylic acids is 1. The molecular weight excluding hydrogens is 458 g/mol. The first kappa shape index (κ1) is 22.4. The number of benzene rings is 2. The van der Waals surface area contributed by atoms with Gasteiger partial charge in [0.2, 0.25) is 11.9 Å². The third kappa shape index (κ3) is 4.78. The van der Waals surface area contributed by atoms with Crippen LogP contribution in [0.25, 0.3) is 22.2 Å². The summed E-state index contributed by atoms with van der Waals surface area (Å²) in [6.45, 7) is 1.76. The first-order chi connectivity index (χ1) is 16.1. The lowest BCUT2D eigenvalue weighted by Gasteiger charge is -2.20. The van der Waals surface area contributed by atoms with Crippen molar-refractivity contribution in [2.45, 2.75) is 50.5 Å². The minimum absolute atomic E-state index is 0.164. The number of carbonyl (C=O) groups is 1. The SMILES string of the molecule is Nc1nc(SCCCNC(=O)C2CCCC2)nc(-c2c(Cl)cc3c4c(cccc24)COC3)n1. The molecule has 2 heterocycles. The number of nitrogens with zero attached hydrogens (tertiary/aromatic N) is 3. The second kappa shape index (κ2) is 9.83. The molecule has 0 radical (unpaired) electrons. The number of hydrogen-bond acceptors (Lipinski definition) is 7. The lowest BCUT2D eigenvalue weighted by atomic mass is 9.94. The molecule has 3 N–H and O–H groups in total. The highest BCUT2D eigenvalue weighted by Gasteiger charge is 2.22. The van der Waals surface area contributed by atoms with E-state index in [1.807, 2.05) is 18.2 Å². The Morgan fingerprint density at radius 2 is 2.00 bits per heavy atom. The van der Waals surface area contributed by atoms with Crippen molar-refractivity contribution in [3.8, 4) is 11.4 Å². The van der Waals surface area contributed by atoms with Gasteiger partial charge < -0.3 is 15.8 Å². The Hall–Kier alpha value is -2.42. The lowest BCUT2D eigenvalue weighted by Crippen LogP contribution is -2.30. The predicted molar refractivity (Wildman–Crippen MR) is 131 cm³/mol. The number of anilines is 1. The highest BCUT2D eigenvalue weighted by atomic mass is 35.5. The Morgan fingerprint density at radius 3 is 2.85 bits per heavy atom. The van der Waals surface area contributed by atoms with Gasteiger partial charge in [-0.05, 0) is 47.2 Å². The molecule has 0 unspecified atom stereocenters. The van der Waals surface area contributed by atoms with E-state index in [0.29, 0.717) is 35.8 Å². The lowest BCUT2D eigenvalue weighted by molar-refractivity contribution is -0.124. The van der Waals surface area contributed by atoms with E-state index in [0.717, 1.165) is 65.3 Å². The van der Waals surface area contributed by atoms with Crippen LogP contribution in [-0.4, -0.2) is 33.2 Å². The number of halogens is 1. The molecule has 0 saturated heterocycles. The van der Waals surface area contributed by atoms with Gasteiger partial charge in [-0.1, -0.05) is 54.4 Å². The average Bonchev–Trinajstić information content (AvgIpc) is 3.34. The fraction of sp³-hybridized carbons (Fsp3) is 0.417. The van der Waals surface area contributed by atoms with Gasteiger partial charge in [-0.25, -0.2) is 4.98 Å². The molecule has 1 aliphatic heterocycles. The summed E-state index contributed by atoms with van der Waals surface area (Å²) in [5, 5.41) is 6.31. The Balaban J connectivity index is 1.31. The minimum Gasteiger partial charge on any atom is -0.372 e. The zero-order valence-corrected chi connectivity index (χ0v) is 19.8. The molecule has 172 valence electrons. The predicted octanol–water partition coefficient (Wildman–Crippen LogP) is 4.75. The maximum Gasteiger partial charge on any atom is 0.224 e. The van der Waals surface area contributed by atoms with Gasteiger partial charge in [-0.3, -0.25) is 4.79 Å². The summed E-state index contributed by atoms with van der Waals surface area (Å²) in [7, 11) is 0. The fourth-order valence-electron chi connectivity index (χ4n) is 4.67. The largest absolute Gasteiger partial charge is 0.372 e. The molecule has 3 aromatic rings. The summed E-state index contributed by atoms with van der Waals surface area (Å²) in [5.74, 6) is 1.79. The first-order valence-corrected chi connectivity index (χ1v) is 12.7. The van der Waals surface area contributed by atoms with Gasteiger partial charge in [0.1, 0.15) is 0 Å². The molecule has 7 nitrogen and oxygen atoms in total. The zero-order chi connectivity index (χ0) is 22.8. The maximum absolute atomic E-state index is 12.1. The van der Waals surface area contributed by atoms with E-state index in [1.165, 1.54) is 11.8 Å². The van der Waals surface area contributed by atoms with Crippen LogP contribution in [0.4, 0.5) is 5.95 Å². The number of nitrogen functional groups attached to an aromatic ring is 1. The first-order valence-electron chi connectivity index (χ1n) is 11.3. The van der Waals surface area contributed by atoms with Gasteiger partial charge in [0.15, 0.2) is 11.0 Å². The van der Waals surface area contributed by atoms with Crippen molar-refractivity contribution in [2.75, 3.05) is 18.0 Å². The van der Waals surface area contributed by atoms with E-state index in [2.05, 4.69) is 26.3 Å². The molecule has 0 bridgehead atoms. The topological polar surface area (TPSA) is 103 Å². The molecule has 1 amide bonds. The molecule has 0 atom stereocenters. The molecule has 2 aromatic carbocycles. The van der Waals surface area contributed by atoms with E-state index in [1.54, 1.807) is 0 Å². The maximum atomic E-state index is 12.1. The van der Waals surface area contributed by atoms with Crippen LogP contribution in [0.5, 0.6) is 0 Å². The Morgan fingerprint density at radius 1 is 1.18 bits per heavy atom. The van der Waals surface area contributed by atoms with Crippen LogP contribution < -0.4 is 11.1 Å². The number of thioether (sulfide) groups is 1. The van der Waals surface area contributed by atoms with Crippen molar-refractivity contribution in [1.29, 1.82) is 0 Å². The standard InChI is InChI=1S/C24H26ClN5O2S/c25-18-11-16-13-32-12-15-7-3-8-17(19(15)16)20(18)21-28-23(26)30-24(29-21)33-10-4-9-27-22(31)14-5-1-2-6-14/h3,7-8,11,14H,1-2,4-6,9-10,12-13H2,(H,27,31)(H2,26,28,29,30). The van der Waals surface area contributed by atoms with Crippen molar-refractivity contribution < 1.29 is 9.53 Å². The van der Waals surface area contributed by atoms with Gasteiger partial charge in [0.05, 0.1) is 18.2 Å².